The van der Waals surface area contributed by atoms with Gasteiger partial charge in [-0.1, -0.05) is 18.6 Å². The Kier molecular flexibility index (Phi) is 7.24. The van der Waals surface area contributed by atoms with E-state index in [0.717, 1.165) is 31.7 Å². The van der Waals surface area contributed by atoms with E-state index in [1.165, 1.54) is 24.6 Å². The predicted molar refractivity (Wildman–Crippen MR) is 111 cm³/mol. The first-order valence-corrected chi connectivity index (χ1v) is 11.3. The molecule has 1 atom stereocenters. The molecule has 0 aliphatic carbocycles. The first kappa shape index (κ1) is 21.3. The lowest BCUT2D eigenvalue weighted by atomic mass is 10.1. The lowest BCUT2D eigenvalue weighted by Crippen LogP contribution is -2.40. The molecule has 0 saturated carbocycles. The monoisotopic (exact) mass is 417 g/mol. The molecule has 0 bridgehead atoms. The smallest absolute Gasteiger partial charge is 0.251 e. The van der Waals surface area contributed by atoms with Gasteiger partial charge in [-0.05, 0) is 56.3 Å². The zero-order valence-electron chi connectivity index (χ0n) is 16.3. The van der Waals surface area contributed by atoms with Crippen molar-refractivity contribution >= 4 is 15.9 Å². The summed E-state index contributed by atoms with van der Waals surface area (Å²) in [5.74, 6) is 0.497. The van der Waals surface area contributed by atoms with Crippen molar-refractivity contribution in [2.24, 2.45) is 0 Å². The number of carbonyl (C=O) groups is 1. The van der Waals surface area contributed by atoms with Crippen LogP contribution in [-0.2, 0) is 10.0 Å². The second-order valence-corrected chi connectivity index (χ2v) is 8.77. The largest absolute Gasteiger partial charge is 0.468 e. The molecule has 1 amide bonds. The van der Waals surface area contributed by atoms with E-state index >= 15 is 0 Å². The summed E-state index contributed by atoms with van der Waals surface area (Å²) in [7, 11) is -3.69. The SMILES string of the molecule is C=CCNS(=O)(=O)c1cccc(C(=O)NCC(c2ccco2)N2CCCCC2)c1. The summed E-state index contributed by atoms with van der Waals surface area (Å²) in [4.78, 5) is 15.1. The third-order valence-corrected chi connectivity index (χ3v) is 6.40. The first-order chi connectivity index (χ1) is 14.0. The quantitative estimate of drug-likeness (QED) is 0.612. The van der Waals surface area contributed by atoms with Crippen molar-refractivity contribution in [1.29, 1.82) is 0 Å². The Labute approximate surface area is 171 Å². The Morgan fingerprint density at radius 2 is 2.00 bits per heavy atom. The van der Waals surface area contributed by atoms with Crippen LogP contribution in [0.25, 0.3) is 0 Å². The third-order valence-electron chi connectivity index (χ3n) is 4.98. The fourth-order valence-corrected chi connectivity index (χ4v) is 4.51. The van der Waals surface area contributed by atoms with Crippen LogP contribution in [0.15, 0.2) is 64.6 Å². The van der Waals surface area contributed by atoms with Crippen molar-refractivity contribution in [3.63, 3.8) is 0 Å². The predicted octanol–water partition coefficient (Wildman–Crippen LogP) is 2.70. The van der Waals surface area contributed by atoms with Crippen LogP contribution in [0.3, 0.4) is 0 Å². The van der Waals surface area contributed by atoms with Gasteiger partial charge in [0.2, 0.25) is 10.0 Å². The van der Waals surface area contributed by atoms with Gasteiger partial charge >= 0.3 is 0 Å². The first-order valence-electron chi connectivity index (χ1n) is 9.77. The van der Waals surface area contributed by atoms with Crippen molar-refractivity contribution < 1.29 is 17.6 Å². The molecular formula is C21H27N3O4S. The molecule has 2 heterocycles. The highest BCUT2D eigenvalue weighted by molar-refractivity contribution is 7.89. The van der Waals surface area contributed by atoms with E-state index in [0.29, 0.717) is 12.1 Å². The van der Waals surface area contributed by atoms with Crippen LogP contribution in [0.1, 0.15) is 41.4 Å². The summed E-state index contributed by atoms with van der Waals surface area (Å²) < 4.78 is 32.6. The molecule has 3 rings (SSSR count). The molecule has 1 fully saturated rings. The molecule has 156 valence electrons. The number of piperidine rings is 1. The second-order valence-electron chi connectivity index (χ2n) is 7.01. The molecular weight excluding hydrogens is 390 g/mol. The van der Waals surface area contributed by atoms with Gasteiger partial charge in [0.1, 0.15) is 5.76 Å². The summed E-state index contributed by atoms with van der Waals surface area (Å²) in [6, 6.07) is 9.72. The number of hydrogen-bond donors (Lipinski definition) is 2. The molecule has 7 nitrogen and oxygen atoms in total. The molecule has 0 radical (unpaired) electrons. The fraction of sp³-hybridized carbons (Fsp3) is 0.381. The number of carbonyl (C=O) groups excluding carboxylic acids is 1. The Balaban J connectivity index is 1.70. The van der Waals surface area contributed by atoms with Gasteiger partial charge in [0.05, 0.1) is 17.2 Å². The van der Waals surface area contributed by atoms with Gasteiger partial charge in [0.15, 0.2) is 0 Å². The van der Waals surface area contributed by atoms with E-state index in [-0.39, 0.29) is 23.4 Å². The molecule has 1 saturated heterocycles. The minimum atomic E-state index is -3.69. The van der Waals surface area contributed by atoms with Crippen LogP contribution in [0, 0.1) is 0 Å². The molecule has 1 aromatic carbocycles. The molecule has 1 unspecified atom stereocenters. The lowest BCUT2D eigenvalue weighted by Gasteiger charge is -2.33. The van der Waals surface area contributed by atoms with Crippen LogP contribution in [-0.4, -0.2) is 45.4 Å². The summed E-state index contributed by atoms with van der Waals surface area (Å²) in [6.45, 7) is 5.94. The van der Waals surface area contributed by atoms with Gasteiger partial charge in [-0.15, -0.1) is 6.58 Å². The average molecular weight is 418 g/mol. The van der Waals surface area contributed by atoms with Crippen LogP contribution < -0.4 is 10.0 Å². The molecule has 0 spiro atoms. The second kappa shape index (κ2) is 9.87. The zero-order chi connectivity index (χ0) is 20.7. The van der Waals surface area contributed by atoms with Crippen LogP contribution in [0.4, 0.5) is 0 Å². The summed E-state index contributed by atoms with van der Waals surface area (Å²) >= 11 is 0. The van der Waals surface area contributed by atoms with E-state index in [1.54, 1.807) is 18.4 Å². The van der Waals surface area contributed by atoms with E-state index in [9.17, 15) is 13.2 Å². The maximum Gasteiger partial charge on any atom is 0.251 e. The van der Waals surface area contributed by atoms with Crippen LogP contribution in [0.2, 0.25) is 0 Å². The van der Waals surface area contributed by atoms with Crippen LogP contribution in [0.5, 0.6) is 0 Å². The normalized spacial score (nSPS) is 16.3. The Hall–Kier alpha value is -2.42. The minimum absolute atomic E-state index is 0.0459. The molecule has 1 aliphatic rings. The van der Waals surface area contributed by atoms with Gasteiger partial charge in [-0.2, -0.15) is 0 Å². The number of furan rings is 1. The molecule has 2 aromatic rings. The third kappa shape index (κ3) is 5.56. The number of rotatable bonds is 9. The molecule has 8 heteroatoms. The average Bonchev–Trinajstić information content (AvgIpc) is 3.28. The molecule has 1 aliphatic heterocycles. The van der Waals surface area contributed by atoms with E-state index in [1.807, 2.05) is 12.1 Å². The van der Waals surface area contributed by atoms with Crippen molar-refractivity contribution in [1.82, 2.24) is 14.9 Å². The topological polar surface area (TPSA) is 91.6 Å². The maximum atomic E-state index is 12.7. The number of likely N-dealkylation sites (tertiary alicyclic amines) is 1. The number of sulfonamides is 1. The zero-order valence-corrected chi connectivity index (χ0v) is 17.2. The van der Waals surface area contributed by atoms with Crippen molar-refractivity contribution in [3.05, 3.63) is 66.6 Å². The maximum absolute atomic E-state index is 12.7. The number of benzene rings is 1. The number of hydrogen-bond acceptors (Lipinski definition) is 5. The highest BCUT2D eigenvalue weighted by Crippen LogP contribution is 2.24. The van der Waals surface area contributed by atoms with Crippen LogP contribution >= 0.6 is 0 Å². The highest BCUT2D eigenvalue weighted by Gasteiger charge is 2.25. The molecule has 29 heavy (non-hydrogen) atoms. The van der Waals surface area contributed by atoms with E-state index in [2.05, 4.69) is 21.5 Å². The molecule has 2 N–H and O–H groups in total. The number of nitrogens with zero attached hydrogens (tertiary/aromatic N) is 1. The van der Waals surface area contributed by atoms with Gasteiger partial charge in [0, 0.05) is 18.7 Å². The Morgan fingerprint density at radius 1 is 1.21 bits per heavy atom. The van der Waals surface area contributed by atoms with Gasteiger partial charge in [-0.25, -0.2) is 13.1 Å². The Morgan fingerprint density at radius 3 is 2.69 bits per heavy atom. The number of nitrogens with one attached hydrogen (secondary N) is 2. The molecule has 1 aromatic heterocycles. The minimum Gasteiger partial charge on any atom is -0.468 e. The lowest BCUT2D eigenvalue weighted by molar-refractivity contribution is 0.0914. The van der Waals surface area contributed by atoms with E-state index in [4.69, 9.17) is 4.42 Å². The standard InChI is InChI=1S/C21H27N3O4S/c1-2-11-23-29(26,27)18-9-6-8-17(15-18)21(25)22-16-19(20-10-7-14-28-20)24-12-4-3-5-13-24/h2,6-10,14-15,19,23H,1,3-5,11-13,16H2,(H,22,25). The van der Waals surface area contributed by atoms with E-state index < -0.39 is 10.0 Å². The van der Waals surface area contributed by atoms with Crippen molar-refractivity contribution in [2.75, 3.05) is 26.2 Å². The Bertz CT molecular complexity index is 919. The van der Waals surface area contributed by atoms with Crippen molar-refractivity contribution in [2.45, 2.75) is 30.2 Å². The van der Waals surface area contributed by atoms with Gasteiger partial charge < -0.3 is 9.73 Å². The van der Waals surface area contributed by atoms with Gasteiger partial charge in [0.25, 0.3) is 5.91 Å². The highest BCUT2D eigenvalue weighted by atomic mass is 32.2. The fourth-order valence-electron chi connectivity index (χ4n) is 3.47. The van der Waals surface area contributed by atoms with Gasteiger partial charge in [-0.3, -0.25) is 9.69 Å². The van der Waals surface area contributed by atoms with Crippen molar-refractivity contribution in [3.8, 4) is 0 Å². The summed E-state index contributed by atoms with van der Waals surface area (Å²) in [5.41, 5.74) is 0.295. The number of amides is 1. The summed E-state index contributed by atoms with van der Waals surface area (Å²) in [6.07, 6.45) is 6.57. The summed E-state index contributed by atoms with van der Waals surface area (Å²) in [5, 5.41) is 2.93.